The number of hydrogen-bond donors (Lipinski definition) is 0. The van der Waals surface area contributed by atoms with Crippen molar-refractivity contribution in [2.45, 2.75) is 26.8 Å². The fourth-order valence-electron chi connectivity index (χ4n) is 5.76. The summed E-state index contributed by atoms with van der Waals surface area (Å²) in [4.78, 5) is 35.4. The molecule has 1 aliphatic heterocycles. The molecule has 44 heavy (non-hydrogen) atoms. The Bertz CT molecular complexity index is 2050. The lowest BCUT2D eigenvalue weighted by Crippen LogP contribution is -2.40. The van der Waals surface area contributed by atoms with Gasteiger partial charge in [0.25, 0.3) is 5.56 Å². The van der Waals surface area contributed by atoms with Gasteiger partial charge in [0.1, 0.15) is 0 Å². The van der Waals surface area contributed by atoms with Crippen LogP contribution in [-0.2, 0) is 9.53 Å². The molecule has 7 nitrogen and oxygen atoms in total. The molecule has 1 aliphatic rings. The highest BCUT2D eigenvalue weighted by Crippen LogP contribution is 2.35. The number of hydrogen-bond acceptors (Lipinski definition) is 6. The predicted molar refractivity (Wildman–Crippen MR) is 177 cm³/mol. The van der Waals surface area contributed by atoms with E-state index in [1.165, 1.54) is 11.3 Å². The van der Waals surface area contributed by atoms with Gasteiger partial charge < -0.3 is 14.2 Å². The number of rotatable bonds is 7. The molecule has 0 spiro atoms. The Morgan fingerprint density at radius 3 is 2.27 bits per heavy atom. The number of carbonyl (C=O) groups is 1. The van der Waals surface area contributed by atoms with Gasteiger partial charge >= 0.3 is 5.97 Å². The van der Waals surface area contributed by atoms with Crippen LogP contribution in [0.1, 0.15) is 41.0 Å². The van der Waals surface area contributed by atoms with E-state index in [1.807, 2.05) is 80.8 Å². The highest BCUT2D eigenvalue weighted by atomic mass is 32.1. The fraction of sp³-hybridized carbons (Fsp3) is 0.194. The number of ether oxygens (including phenoxy) is 1. The lowest BCUT2D eigenvalue weighted by molar-refractivity contribution is -0.138. The van der Waals surface area contributed by atoms with Crippen molar-refractivity contribution in [1.82, 2.24) is 9.13 Å². The van der Waals surface area contributed by atoms with Crippen molar-refractivity contribution < 1.29 is 9.53 Å². The second kappa shape index (κ2) is 12.0. The molecule has 8 heteroatoms. The molecule has 0 saturated heterocycles. The first-order valence-corrected chi connectivity index (χ1v) is 15.4. The average Bonchev–Trinajstić information content (AvgIpc) is 3.50. The molecular weight excluding hydrogens is 568 g/mol. The summed E-state index contributed by atoms with van der Waals surface area (Å²) >= 11 is 1.33. The molecule has 0 unspecified atom stereocenters. The first kappa shape index (κ1) is 29.1. The van der Waals surface area contributed by atoms with E-state index in [1.54, 1.807) is 11.5 Å². The summed E-state index contributed by atoms with van der Waals surface area (Å²) in [7, 11) is 4.05. The van der Waals surface area contributed by atoms with Gasteiger partial charge in [-0.3, -0.25) is 9.36 Å². The van der Waals surface area contributed by atoms with Gasteiger partial charge in [-0.25, -0.2) is 9.79 Å². The third-order valence-corrected chi connectivity index (χ3v) is 8.85. The van der Waals surface area contributed by atoms with Crippen molar-refractivity contribution in [3.8, 4) is 5.69 Å². The van der Waals surface area contributed by atoms with Crippen LogP contribution in [0.15, 0.2) is 106 Å². The molecule has 0 saturated carbocycles. The van der Waals surface area contributed by atoms with E-state index in [-0.39, 0.29) is 12.2 Å². The molecule has 0 amide bonds. The summed E-state index contributed by atoms with van der Waals surface area (Å²) in [5.74, 6) is -0.484. The molecule has 6 rings (SSSR count). The van der Waals surface area contributed by atoms with E-state index in [4.69, 9.17) is 9.73 Å². The molecule has 3 heterocycles. The first-order chi connectivity index (χ1) is 21.3. The Kier molecular flexibility index (Phi) is 7.93. The summed E-state index contributed by atoms with van der Waals surface area (Å²) in [6, 6.07) is 29.0. The minimum absolute atomic E-state index is 0.198. The zero-order valence-corrected chi connectivity index (χ0v) is 26.3. The van der Waals surface area contributed by atoms with Gasteiger partial charge in [0.05, 0.1) is 28.5 Å². The molecule has 1 atom stereocenters. The number of aromatic nitrogens is 2. The van der Waals surface area contributed by atoms with Gasteiger partial charge in [0.15, 0.2) is 4.80 Å². The number of benzene rings is 3. The van der Waals surface area contributed by atoms with Gasteiger partial charge in [0.2, 0.25) is 0 Å². The predicted octanol–water partition coefficient (Wildman–Crippen LogP) is 5.41. The van der Waals surface area contributed by atoms with Crippen LogP contribution in [-0.4, -0.2) is 35.8 Å². The summed E-state index contributed by atoms with van der Waals surface area (Å²) < 4.78 is 9.94. The number of thiazole rings is 1. The maximum atomic E-state index is 14.2. The molecular formula is C36H34N4O3S. The van der Waals surface area contributed by atoms with Crippen LogP contribution in [0.25, 0.3) is 17.5 Å². The molecule has 2 aromatic heterocycles. The molecule has 3 aromatic carbocycles. The second-order valence-electron chi connectivity index (χ2n) is 10.9. The third-order valence-electron chi connectivity index (χ3n) is 7.87. The lowest BCUT2D eigenvalue weighted by atomic mass is 9.93. The summed E-state index contributed by atoms with van der Waals surface area (Å²) in [6.07, 6.45) is 1.94. The Balaban J connectivity index is 1.55. The van der Waals surface area contributed by atoms with Crippen LogP contribution < -0.4 is 19.8 Å². The standard InChI is InChI=1S/C36H34N4O3S/c1-6-43-35(42)31-32(25-13-9-7-10-14-25)37-36-40(33(31)26-15-11-8-12-16-26)34(41)30(44-36)22-27-21-23(2)39(24(27)3)29-19-17-28(18-20-29)38(4)5/h7-22,33H,6H2,1-5H3/b30-22+/t33-/m0/s1. The number of nitrogens with zero attached hydrogens (tertiary/aromatic N) is 4. The molecule has 0 aliphatic carbocycles. The van der Waals surface area contributed by atoms with Crippen LogP contribution >= 0.6 is 11.3 Å². The van der Waals surface area contributed by atoms with Crippen molar-refractivity contribution in [3.05, 3.63) is 144 Å². The number of carbonyl (C=O) groups excluding carboxylic acids is 1. The maximum Gasteiger partial charge on any atom is 0.338 e. The van der Waals surface area contributed by atoms with Crippen LogP contribution in [0.3, 0.4) is 0 Å². The van der Waals surface area contributed by atoms with Crippen molar-refractivity contribution in [2.24, 2.45) is 4.99 Å². The quantitative estimate of drug-likeness (QED) is 0.234. The Morgan fingerprint density at radius 1 is 0.977 bits per heavy atom. The highest BCUT2D eigenvalue weighted by molar-refractivity contribution is 7.07. The Hall–Kier alpha value is -4.95. The number of fused-ring (bicyclic) bond motifs is 1. The third kappa shape index (κ3) is 5.22. The van der Waals surface area contributed by atoms with Gasteiger partial charge in [-0.15, -0.1) is 0 Å². The average molecular weight is 603 g/mol. The normalized spacial score (nSPS) is 14.8. The minimum atomic E-state index is -0.688. The van der Waals surface area contributed by atoms with E-state index in [0.29, 0.717) is 20.6 Å². The van der Waals surface area contributed by atoms with Crippen LogP contribution in [0.4, 0.5) is 5.69 Å². The molecule has 0 N–H and O–H groups in total. The van der Waals surface area contributed by atoms with Crippen LogP contribution in [0.5, 0.6) is 0 Å². The van der Waals surface area contributed by atoms with Gasteiger partial charge in [-0.05, 0) is 68.3 Å². The van der Waals surface area contributed by atoms with E-state index >= 15 is 0 Å². The van der Waals surface area contributed by atoms with E-state index in [9.17, 15) is 9.59 Å². The number of aryl methyl sites for hydroxylation is 1. The Labute approximate surface area is 260 Å². The van der Waals surface area contributed by atoms with Crippen molar-refractivity contribution >= 4 is 34.8 Å². The first-order valence-electron chi connectivity index (χ1n) is 14.6. The molecule has 5 aromatic rings. The number of anilines is 1. The molecule has 0 radical (unpaired) electrons. The molecule has 222 valence electrons. The lowest BCUT2D eigenvalue weighted by Gasteiger charge is -2.25. The fourth-order valence-corrected chi connectivity index (χ4v) is 6.76. The largest absolute Gasteiger partial charge is 0.463 e. The highest BCUT2D eigenvalue weighted by Gasteiger charge is 2.35. The number of esters is 1. The summed E-state index contributed by atoms with van der Waals surface area (Å²) in [5, 5.41) is 0. The van der Waals surface area contributed by atoms with Gasteiger partial charge in [-0.1, -0.05) is 72.0 Å². The second-order valence-corrected chi connectivity index (χ2v) is 11.9. The summed E-state index contributed by atoms with van der Waals surface area (Å²) in [5.41, 5.74) is 7.51. The molecule has 0 bridgehead atoms. The van der Waals surface area contributed by atoms with Crippen molar-refractivity contribution in [2.75, 3.05) is 25.6 Å². The van der Waals surface area contributed by atoms with Crippen LogP contribution in [0.2, 0.25) is 0 Å². The smallest absolute Gasteiger partial charge is 0.338 e. The minimum Gasteiger partial charge on any atom is -0.463 e. The van der Waals surface area contributed by atoms with Crippen molar-refractivity contribution in [1.29, 1.82) is 0 Å². The topological polar surface area (TPSA) is 68.8 Å². The SMILES string of the molecule is CCOC(=O)C1=C(c2ccccc2)N=c2s/c(=C/c3cc(C)n(-c4ccc(N(C)C)cc4)c3C)c(=O)n2[C@H]1c1ccccc1. The Morgan fingerprint density at radius 2 is 1.64 bits per heavy atom. The molecule has 0 fully saturated rings. The van der Waals surface area contributed by atoms with E-state index in [2.05, 4.69) is 53.6 Å². The maximum absolute atomic E-state index is 14.2. The zero-order valence-electron chi connectivity index (χ0n) is 25.4. The monoisotopic (exact) mass is 602 g/mol. The van der Waals surface area contributed by atoms with Crippen LogP contribution in [0, 0.1) is 13.8 Å². The van der Waals surface area contributed by atoms with E-state index < -0.39 is 12.0 Å². The summed E-state index contributed by atoms with van der Waals surface area (Å²) in [6.45, 7) is 6.12. The van der Waals surface area contributed by atoms with E-state index in [0.717, 1.165) is 39.5 Å². The zero-order chi connectivity index (χ0) is 31.0. The van der Waals surface area contributed by atoms with Gasteiger partial charge in [0, 0.05) is 42.4 Å². The van der Waals surface area contributed by atoms with Gasteiger partial charge in [-0.2, -0.15) is 0 Å². The van der Waals surface area contributed by atoms with Crippen molar-refractivity contribution in [3.63, 3.8) is 0 Å².